The fourth-order valence-corrected chi connectivity index (χ4v) is 6.40. The number of benzene rings is 2. The van der Waals surface area contributed by atoms with Crippen molar-refractivity contribution in [2.45, 2.75) is 45.8 Å². The number of piperazine rings is 1. The Morgan fingerprint density at radius 3 is 2.81 bits per heavy atom. The number of carbonyl (C=O) groups excluding carboxylic acids is 1. The van der Waals surface area contributed by atoms with Crippen LogP contribution in [0.5, 0.6) is 5.75 Å². The van der Waals surface area contributed by atoms with Crippen LogP contribution >= 0.6 is 11.6 Å². The van der Waals surface area contributed by atoms with Crippen LogP contribution in [0.4, 0.5) is 10.2 Å². The Balaban J connectivity index is 1.79. The lowest BCUT2D eigenvalue weighted by Crippen LogP contribution is -2.64. The van der Waals surface area contributed by atoms with Crippen molar-refractivity contribution in [3.8, 4) is 22.6 Å². The zero-order valence-corrected chi connectivity index (χ0v) is 24.7. The maximum absolute atomic E-state index is 17.3. The first-order valence-corrected chi connectivity index (χ1v) is 14.3. The largest absolute Gasteiger partial charge is 0.488 e. The Hall–Kier alpha value is -4.08. The SMILES string of the molecule is C=CC(=O)[C@]1(C)CNCCN1c1nc(=O)n(-c2c(C)ccnc2C(C)C)c2c(F)c3c(cc12)OCc1cccc(Cl)c1-3. The molecule has 0 bridgehead atoms. The first-order valence-electron chi connectivity index (χ1n) is 13.9. The van der Waals surface area contributed by atoms with Crippen molar-refractivity contribution >= 4 is 34.1 Å². The van der Waals surface area contributed by atoms with E-state index in [1.165, 1.54) is 10.6 Å². The Morgan fingerprint density at radius 1 is 1.29 bits per heavy atom. The number of hydrogen-bond donors (Lipinski definition) is 1. The minimum Gasteiger partial charge on any atom is -0.488 e. The molecule has 2 aliphatic rings. The van der Waals surface area contributed by atoms with Gasteiger partial charge in [-0.05, 0) is 55.2 Å². The summed E-state index contributed by atoms with van der Waals surface area (Å²) >= 11 is 6.64. The van der Waals surface area contributed by atoms with Crippen LogP contribution in [0.3, 0.4) is 0 Å². The molecular formula is C32H31ClFN5O3. The van der Waals surface area contributed by atoms with Gasteiger partial charge in [-0.1, -0.05) is 44.2 Å². The second-order valence-electron chi connectivity index (χ2n) is 11.3. The standard InChI is InChI=1S/C32H31ClFN5O3/c1-6-23(40)32(5)16-35-12-13-38(32)30-20-14-22-25(24-19(15-42-22)8-7-9-21(24)33)26(34)29(20)39(31(41)37-30)28-18(4)10-11-36-27(28)17(2)3/h6-11,14,17,35H,1,12-13,15-16H2,2-5H3/t32-/m0/s1. The van der Waals surface area contributed by atoms with Crippen LogP contribution in [0.25, 0.3) is 27.7 Å². The van der Waals surface area contributed by atoms with E-state index in [-0.39, 0.29) is 41.0 Å². The molecule has 4 heterocycles. The van der Waals surface area contributed by atoms with Crippen molar-refractivity contribution in [3.63, 3.8) is 0 Å². The average molecular weight is 588 g/mol. The Kier molecular flexibility index (Phi) is 6.90. The fraction of sp³-hybridized carbons (Fsp3) is 0.312. The fourth-order valence-electron chi connectivity index (χ4n) is 6.12. The van der Waals surface area contributed by atoms with Gasteiger partial charge >= 0.3 is 5.69 Å². The van der Waals surface area contributed by atoms with E-state index in [1.54, 1.807) is 42.3 Å². The summed E-state index contributed by atoms with van der Waals surface area (Å²) in [5.41, 5.74) is 1.53. The molecule has 2 aromatic heterocycles. The number of rotatable bonds is 5. The van der Waals surface area contributed by atoms with Crippen LogP contribution in [0.2, 0.25) is 5.02 Å². The van der Waals surface area contributed by atoms with Crippen LogP contribution in [0, 0.1) is 12.7 Å². The van der Waals surface area contributed by atoms with E-state index in [0.29, 0.717) is 47.0 Å². The Bertz CT molecular complexity index is 1850. The molecule has 1 saturated heterocycles. The van der Waals surface area contributed by atoms with Gasteiger partial charge in [-0.15, -0.1) is 0 Å². The van der Waals surface area contributed by atoms with Crippen molar-refractivity contribution < 1.29 is 13.9 Å². The molecular weight excluding hydrogens is 557 g/mol. The molecule has 1 N–H and O–H groups in total. The van der Waals surface area contributed by atoms with Gasteiger partial charge in [-0.2, -0.15) is 4.98 Å². The number of hydrogen-bond acceptors (Lipinski definition) is 7. The first-order chi connectivity index (χ1) is 20.1. The number of anilines is 1. The molecule has 0 amide bonds. The summed E-state index contributed by atoms with van der Waals surface area (Å²) in [6, 6.07) is 8.84. The molecule has 216 valence electrons. The second-order valence-corrected chi connectivity index (χ2v) is 11.7. The normalized spacial score (nSPS) is 18.0. The predicted molar refractivity (Wildman–Crippen MR) is 163 cm³/mol. The van der Waals surface area contributed by atoms with Crippen LogP contribution in [-0.2, 0) is 11.4 Å². The third kappa shape index (κ3) is 4.14. The highest BCUT2D eigenvalue weighted by Gasteiger charge is 2.42. The molecule has 8 nitrogen and oxygen atoms in total. The number of halogens is 2. The molecule has 2 aliphatic heterocycles. The quantitative estimate of drug-likeness (QED) is 0.309. The van der Waals surface area contributed by atoms with Crippen molar-refractivity contribution in [3.05, 3.63) is 87.3 Å². The topological polar surface area (TPSA) is 89.4 Å². The molecule has 10 heteroatoms. The monoisotopic (exact) mass is 587 g/mol. The van der Waals surface area contributed by atoms with Gasteiger partial charge in [0.1, 0.15) is 23.7 Å². The van der Waals surface area contributed by atoms with Gasteiger partial charge < -0.3 is 15.0 Å². The molecule has 42 heavy (non-hydrogen) atoms. The van der Waals surface area contributed by atoms with Crippen LogP contribution in [-0.4, -0.2) is 45.5 Å². The summed E-state index contributed by atoms with van der Waals surface area (Å²) in [7, 11) is 0. The number of aryl methyl sites for hydroxylation is 1. The van der Waals surface area contributed by atoms with Gasteiger partial charge in [-0.25, -0.2) is 9.18 Å². The molecule has 2 aromatic carbocycles. The van der Waals surface area contributed by atoms with Crippen LogP contribution in [0.15, 0.2) is 54.0 Å². The highest BCUT2D eigenvalue weighted by atomic mass is 35.5. The number of fused-ring (bicyclic) bond motifs is 4. The number of aromatic nitrogens is 3. The summed E-state index contributed by atoms with van der Waals surface area (Å²) in [6.07, 6.45) is 2.94. The molecule has 0 radical (unpaired) electrons. The zero-order valence-electron chi connectivity index (χ0n) is 23.9. The van der Waals surface area contributed by atoms with Crippen LogP contribution in [0.1, 0.15) is 43.5 Å². The van der Waals surface area contributed by atoms with Crippen molar-refractivity contribution in [2.75, 3.05) is 24.5 Å². The number of ketones is 1. The van der Waals surface area contributed by atoms with E-state index in [0.717, 1.165) is 11.1 Å². The number of pyridine rings is 1. The molecule has 1 atom stereocenters. The highest BCUT2D eigenvalue weighted by Crippen LogP contribution is 2.47. The minimum atomic E-state index is -1.10. The Labute approximate surface area is 247 Å². The highest BCUT2D eigenvalue weighted by molar-refractivity contribution is 6.33. The number of carbonyl (C=O) groups is 1. The first kappa shape index (κ1) is 28.1. The predicted octanol–water partition coefficient (Wildman–Crippen LogP) is 5.49. The summed E-state index contributed by atoms with van der Waals surface area (Å²) in [5, 5.41) is 3.97. The summed E-state index contributed by atoms with van der Waals surface area (Å²) < 4.78 is 24.7. The van der Waals surface area contributed by atoms with Gasteiger partial charge in [0, 0.05) is 41.8 Å². The third-order valence-electron chi connectivity index (χ3n) is 8.27. The summed E-state index contributed by atoms with van der Waals surface area (Å²) in [5.74, 6) is -0.486. The minimum absolute atomic E-state index is 0.0186. The van der Waals surface area contributed by atoms with Gasteiger partial charge in [0.2, 0.25) is 0 Å². The molecule has 1 fully saturated rings. The van der Waals surface area contributed by atoms with E-state index in [9.17, 15) is 9.59 Å². The average Bonchev–Trinajstić information content (AvgIpc) is 2.97. The van der Waals surface area contributed by atoms with E-state index >= 15 is 4.39 Å². The zero-order chi connectivity index (χ0) is 29.9. The van der Waals surface area contributed by atoms with Gasteiger partial charge in [0.15, 0.2) is 11.6 Å². The molecule has 4 aromatic rings. The maximum Gasteiger partial charge on any atom is 0.354 e. The Morgan fingerprint density at radius 2 is 2.07 bits per heavy atom. The number of ether oxygens (including phenoxy) is 1. The van der Waals surface area contributed by atoms with Gasteiger partial charge in [0.05, 0.1) is 22.5 Å². The lowest BCUT2D eigenvalue weighted by Gasteiger charge is -2.44. The van der Waals surface area contributed by atoms with Crippen molar-refractivity contribution in [1.29, 1.82) is 0 Å². The molecule has 0 aliphatic carbocycles. The second kappa shape index (κ2) is 10.3. The number of nitrogens with one attached hydrogen (secondary N) is 1. The molecule has 6 rings (SSSR count). The summed E-state index contributed by atoms with van der Waals surface area (Å²) in [4.78, 5) is 38.2. The molecule has 0 spiro atoms. The lowest BCUT2D eigenvalue weighted by molar-refractivity contribution is -0.119. The summed E-state index contributed by atoms with van der Waals surface area (Å²) in [6.45, 7) is 12.7. The van der Waals surface area contributed by atoms with Crippen LogP contribution < -0.4 is 20.6 Å². The molecule has 0 unspecified atom stereocenters. The van der Waals surface area contributed by atoms with Crippen molar-refractivity contribution in [1.82, 2.24) is 19.9 Å². The van der Waals surface area contributed by atoms with E-state index in [4.69, 9.17) is 16.3 Å². The smallest absolute Gasteiger partial charge is 0.354 e. The third-order valence-corrected chi connectivity index (χ3v) is 8.58. The van der Waals surface area contributed by atoms with E-state index in [1.807, 2.05) is 26.8 Å². The van der Waals surface area contributed by atoms with Gasteiger partial charge in [-0.3, -0.25) is 14.3 Å². The number of nitrogens with zero attached hydrogens (tertiary/aromatic N) is 4. The van der Waals surface area contributed by atoms with E-state index in [2.05, 4.69) is 21.9 Å². The van der Waals surface area contributed by atoms with Gasteiger partial charge in [0.25, 0.3) is 0 Å². The molecule has 0 saturated carbocycles. The lowest BCUT2D eigenvalue weighted by atomic mass is 9.90. The maximum atomic E-state index is 17.3. The van der Waals surface area contributed by atoms with Crippen molar-refractivity contribution in [2.24, 2.45) is 0 Å². The van der Waals surface area contributed by atoms with E-state index < -0.39 is 17.0 Å².